The average Bonchev–Trinajstić information content (AvgIpc) is 3.34. The van der Waals surface area contributed by atoms with E-state index in [2.05, 4.69) is 20.4 Å². The van der Waals surface area contributed by atoms with Crippen molar-refractivity contribution in [2.45, 2.75) is 57.4 Å². The SMILES string of the molecule is Cc1nc2c(cc1C(F)(F)F)N(Cc1cccc(C(=O)O)c1)CCCC2N(Cc1cc(C(F)(F)F)cc(C(F)(F)F)c1)c1nnn(C)n1. The van der Waals surface area contributed by atoms with Crippen molar-refractivity contribution in [1.82, 2.24) is 25.2 Å². The van der Waals surface area contributed by atoms with Crippen LogP contribution in [0.2, 0.25) is 0 Å². The number of rotatable bonds is 7. The van der Waals surface area contributed by atoms with Crippen molar-refractivity contribution in [3.05, 3.63) is 93.3 Å². The van der Waals surface area contributed by atoms with E-state index in [9.17, 15) is 49.4 Å². The number of aryl methyl sites for hydroxylation is 2. The molecule has 0 bridgehead atoms. The molecule has 1 aliphatic heterocycles. The maximum atomic E-state index is 14.1. The first-order valence-electron chi connectivity index (χ1n) is 14.3. The number of aromatic carboxylic acids is 1. The van der Waals surface area contributed by atoms with Crippen molar-refractivity contribution in [3.8, 4) is 0 Å². The van der Waals surface area contributed by atoms with Crippen molar-refractivity contribution < 1.29 is 49.4 Å². The Morgan fingerprint density at radius 2 is 1.60 bits per heavy atom. The van der Waals surface area contributed by atoms with E-state index in [0.29, 0.717) is 17.7 Å². The summed E-state index contributed by atoms with van der Waals surface area (Å²) in [4.78, 5) is 19.7. The second-order valence-corrected chi connectivity index (χ2v) is 11.2. The summed E-state index contributed by atoms with van der Waals surface area (Å²) < 4.78 is 125. The van der Waals surface area contributed by atoms with Crippen LogP contribution in [0.4, 0.5) is 51.1 Å². The first-order chi connectivity index (χ1) is 22.3. The third-order valence-corrected chi connectivity index (χ3v) is 7.77. The average molecular weight is 688 g/mol. The zero-order chi connectivity index (χ0) is 35.2. The van der Waals surface area contributed by atoms with Crippen LogP contribution >= 0.6 is 0 Å². The van der Waals surface area contributed by atoms with E-state index in [1.165, 1.54) is 30.1 Å². The van der Waals surface area contributed by atoms with E-state index in [1.807, 2.05) is 0 Å². The van der Waals surface area contributed by atoms with Crippen LogP contribution in [0.5, 0.6) is 0 Å². The van der Waals surface area contributed by atoms with E-state index >= 15 is 0 Å². The number of benzene rings is 2. The maximum Gasteiger partial charge on any atom is 0.418 e. The van der Waals surface area contributed by atoms with Crippen molar-refractivity contribution in [2.75, 3.05) is 16.3 Å². The van der Waals surface area contributed by atoms with Crippen LogP contribution in [0, 0.1) is 6.92 Å². The first kappa shape index (κ1) is 34.4. The van der Waals surface area contributed by atoms with Crippen LogP contribution < -0.4 is 9.80 Å². The highest BCUT2D eigenvalue weighted by Gasteiger charge is 2.40. The van der Waals surface area contributed by atoms with Gasteiger partial charge in [-0.05, 0) is 72.5 Å². The number of hydrogen-bond acceptors (Lipinski definition) is 7. The van der Waals surface area contributed by atoms with Gasteiger partial charge in [0.2, 0.25) is 0 Å². The van der Waals surface area contributed by atoms with E-state index in [4.69, 9.17) is 0 Å². The number of hydrogen-bond donors (Lipinski definition) is 1. The number of aromatic nitrogens is 5. The molecular weight excluding hydrogens is 661 g/mol. The number of nitrogens with zero attached hydrogens (tertiary/aromatic N) is 7. The lowest BCUT2D eigenvalue weighted by molar-refractivity contribution is -0.143. The van der Waals surface area contributed by atoms with Gasteiger partial charge in [0.15, 0.2) is 0 Å². The summed E-state index contributed by atoms with van der Waals surface area (Å²) in [6.07, 6.45) is -14.7. The zero-order valence-corrected chi connectivity index (χ0v) is 25.1. The van der Waals surface area contributed by atoms with Gasteiger partial charge in [-0.3, -0.25) is 4.98 Å². The van der Waals surface area contributed by atoms with E-state index in [-0.39, 0.29) is 54.9 Å². The molecule has 0 fully saturated rings. The molecule has 2 aromatic heterocycles. The third kappa shape index (κ3) is 7.46. The molecule has 0 radical (unpaired) electrons. The molecule has 18 heteroatoms. The highest BCUT2D eigenvalue weighted by atomic mass is 19.4. The van der Waals surface area contributed by atoms with Gasteiger partial charge in [-0.2, -0.15) is 44.3 Å². The Morgan fingerprint density at radius 1 is 0.938 bits per heavy atom. The molecule has 1 aliphatic rings. The molecule has 48 heavy (non-hydrogen) atoms. The van der Waals surface area contributed by atoms with Gasteiger partial charge < -0.3 is 14.9 Å². The van der Waals surface area contributed by atoms with Gasteiger partial charge >= 0.3 is 24.5 Å². The molecule has 1 unspecified atom stereocenters. The second-order valence-electron chi connectivity index (χ2n) is 11.2. The summed E-state index contributed by atoms with van der Waals surface area (Å²) in [7, 11) is 1.38. The minimum atomic E-state index is -5.12. The summed E-state index contributed by atoms with van der Waals surface area (Å²) >= 11 is 0. The van der Waals surface area contributed by atoms with Crippen molar-refractivity contribution in [2.24, 2.45) is 7.05 Å². The second kappa shape index (κ2) is 12.6. The third-order valence-electron chi connectivity index (χ3n) is 7.77. The smallest absolute Gasteiger partial charge is 0.418 e. The van der Waals surface area contributed by atoms with Gasteiger partial charge in [0, 0.05) is 19.6 Å². The van der Waals surface area contributed by atoms with Crippen LogP contribution in [-0.2, 0) is 38.7 Å². The number of carboxylic acids is 1. The minimum absolute atomic E-state index is 0.00380. The zero-order valence-electron chi connectivity index (χ0n) is 25.1. The van der Waals surface area contributed by atoms with E-state index < -0.39 is 65.0 Å². The molecule has 5 rings (SSSR count). The van der Waals surface area contributed by atoms with Gasteiger partial charge in [0.1, 0.15) is 0 Å². The molecule has 0 saturated heterocycles. The molecule has 0 amide bonds. The molecule has 1 N–H and O–H groups in total. The lowest BCUT2D eigenvalue weighted by Gasteiger charge is -2.32. The normalized spacial score (nSPS) is 15.6. The summed E-state index contributed by atoms with van der Waals surface area (Å²) in [6, 6.07) is 6.79. The highest BCUT2D eigenvalue weighted by Crippen LogP contribution is 2.43. The fourth-order valence-electron chi connectivity index (χ4n) is 5.64. The van der Waals surface area contributed by atoms with Crippen LogP contribution in [-0.4, -0.2) is 42.8 Å². The molecule has 9 nitrogen and oxygen atoms in total. The van der Waals surface area contributed by atoms with Crippen molar-refractivity contribution in [3.63, 3.8) is 0 Å². The lowest BCUT2D eigenvalue weighted by Crippen LogP contribution is -2.31. The molecule has 256 valence electrons. The molecule has 0 saturated carbocycles. The fourth-order valence-corrected chi connectivity index (χ4v) is 5.64. The quantitative estimate of drug-likeness (QED) is 0.204. The van der Waals surface area contributed by atoms with Crippen molar-refractivity contribution in [1.29, 1.82) is 0 Å². The largest absolute Gasteiger partial charge is 0.478 e. The van der Waals surface area contributed by atoms with Gasteiger partial charge in [0.05, 0.1) is 52.4 Å². The number of alkyl halides is 9. The standard InChI is InChI=1S/C30H26F9N7O2/c1-16-22(30(37,38)39)13-24-25(40-16)23(7-4-8-45(24)14-17-5-3-6-19(9-17)26(47)48)46(27-41-43-44(2)42-27)15-18-10-20(28(31,32)33)12-21(11-18)29(34,35)36/h3,5-6,9-13,23H,4,7-8,14-15H2,1-2H3,(H,47,48). The monoisotopic (exact) mass is 687 g/mol. The van der Waals surface area contributed by atoms with E-state index in [1.54, 1.807) is 11.0 Å². The molecule has 4 aromatic rings. The Balaban J connectivity index is 1.67. The number of carbonyl (C=O) groups is 1. The van der Waals surface area contributed by atoms with Crippen LogP contribution in [0.15, 0.2) is 48.5 Å². The molecular formula is C30H26F9N7O2. The van der Waals surface area contributed by atoms with Crippen LogP contribution in [0.25, 0.3) is 0 Å². The topological polar surface area (TPSA) is 100 Å². The maximum absolute atomic E-state index is 14.1. The Bertz CT molecular complexity index is 1790. The van der Waals surface area contributed by atoms with Gasteiger partial charge in [-0.25, -0.2) is 4.79 Å². The summed E-state index contributed by atoms with van der Waals surface area (Å²) in [5.74, 6) is -1.42. The molecule has 2 aromatic carbocycles. The first-order valence-corrected chi connectivity index (χ1v) is 14.3. The number of carboxylic acid groups (broad SMARTS) is 1. The molecule has 3 heterocycles. The summed E-state index contributed by atoms with van der Waals surface area (Å²) in [5, 5.41) is 21.2. The van der Waals surface area contributed by atoms with Crippen LogP contribution in [0.1, 0.15) is 68.4 Å². The van der Waals surface area contributed by atoms with Gasteiger partial charge in [0.25, 0.3) is 5.95 Å². The summed E-state index contributed by atoms with van der Waals surface area (Å²) in [6.45, 7) is 0.630. The predicted molar refractivity (Wildman–Crippen MR) is 152 cm³/mol. The highest BCUT2D eigenvalue weighted by molar-refractivity contribution is 5.87. The Morgan fingerprint density at radius 3 is 2.17 bits per heavy atom. The van der Waals surface area contributed by atoms with Crippen molar-refractivity contribution >= 4 is 17.6 Å². The Labute approximate surface area is 266 Å². The fraction of sp³-hybridized carbons (Fsp3) is 0.367. The number of halogens is 9. The lowest BCUT2D eigenvalue weighted by atomic mass is 10.0. The number of pyridine rings is 1. The summed E-state index contributed by atoms with van der Waals surface area (Å²) in [5.41, 5.74) is -4.51. The molecule has 0 spiro atoms. The molecule has 0 aliphatic carbocycles. The Hall–Kier alpha value is -4.90. The van der Waals surface area contributed by atoms with Gasteiger partial charge in [-0.15, -0.1) is 5.10 Å². The molecule has 1 atom stereocenters. The Kier molecular flexibility index (Phi) is 9.05. The number of fused-ring (bicyclic) bond motifs is 1. The minimum Gasteiger partial charge on any atom is -0.478 e. The number of tetrazole rings is 1. The van der Waals surface area contributed by atoms with E-state index in [0.717, 1.165) is 17.8 Å². The number of anilines is 2. The van der Waals surface area contributed by atoms with Gasteiger partial charge in [-0.1, -0.05) is 17.2 Å². The van der Waals surface area contributed by atoms with Crippen LogP contribution in [0.3, 0.4) is 0 Å². The predicted octanol–water partition coefficient (Wildman–Crippen LogP) is 7.22.